The average molecular weight is 420 g/mol. The number of aromatic nitrogens is 2. The Morgan fingerprint density at radius 1 is 0.871 bits per heavy atom. The number of hydrogen-bond acceptors (Lipinski definition) is 6. The second kappa shape index (κ2) is 8.46. The summed E-state index contributed by atoms with van der Waals surface area (Å²) in [6.07, 6.45) is 0. The van der Waals surface area contributed by atoms with Gasteiger partial charge in [-0.15, -0.1) is 4.74 Å². The van der Waals surface area contributed by atoms with Gasteiger partial charge in [-0.3, -0.25) is 0 Å². The molecule has 9 nitrogen and oxygen atoms in total. The number of carbonyl (C=O) groups is 1. The largest absolute Gasteiger partial charge is 0.478 e. The Kier molecular flexibility index (Phi) is 5.39. The van der Waals surface area contributed by atoms with Crippen LogP contribution in [0.15, 0.2) is 86.9 Å². The summed E-state index contributed by atoms with van der Waals surface area (Å²) in [5.74, 6) is 0.328. The quantitative estimate of drug-likeness (QED) is 0.469. The molecule has 0 bridgehead atoms. The van der Waals surface area contributed by atoms with E-state index in [0.717, 1.165) is 10.3 Å². The van der Waals surface area contributed by atoms with Crippen molar-refractivity contribution in [3.05, 3.63) is 105 Å². The summed E-state index contributed by atoms with van der Waals surface area (Å²) >= 11 is 0. The number of rotatable bonds is 7. The predicted molar refractivity (Wildman–Crippen MR) is 109 cm³/mol. The lowest BCUT2D eigenvalue weighted by molar-refractivity contribution is 0.0697. The van der Waals surface area contributed by atoms with Gasteiger partial charge < -0.3 is 19.1 Å². The molecule has 1 aromatic heterocycles. The van der Waals surface area contributed by atoms with Crippen LogP contribution in [0.4, 0.5) is 0 Å². The van der Waals surface area contributed by atoms with Crippen LogP contribution in [-0.4, -0.2) is 20.8 Å². The summed E-state index contributed by atoms with van der Waals surface area (Å²) in [5, 5.41) is 8.96. The average Bonchev–Trinajstić information content (AvgIpc) is 3.07. The molecule has 0 atom stereocenters. The van der Waals surface area contributed by atoms with Gasteiger partial charge in [0, 0.05) is 6.07 Å². The van der Waals surface area contributed by atoms with Crippen molar-refractivity contribution in [3.8, 4) is 23.0 Å². The molecule has 0 fully saturated rings. The van der Waals surface area contributed by atoms with E-state index in [0.29, 0.717) is 23.0 Å². The van der Waals surface area contributed by atoms with Gasteiger partial charge in [0.15, 0.2) is 0 Å². The zero-order chi connectivity index (χ0) is 21.8. The van der Waals surface area contributed by atoms with Crippen LogP contribution < -0.4 is 20.9 Å². The van der Waals surface area contributed by atoms with Crippen LogP contribution in [0.25, 0.3) is 0 Å². The molecule has 0 aliphatic heterocycles. The second-order valence-electron chi connectivity index (χ2n) is 6.50. The maximum absolute atomic E-state index is 11.5. The number of ether oxygens (including phenoxy) is 2. The summed E-state index contributed by atoms with van der Waals surface area (Å²) < 4.78 is 17.3. The molecule has 31 heavy (non-hydrogen) atoms. The van der Waals surface area contributed by atoms with Gasteiger partial charge in [0.05, 0.1) is 12.1 Å². The maximum atomic E-state index is 11.5. The number of aromatic carboxylic acids is 1. The lowest BCUT2D eigenvalue weighted by Gasteiger charge is -2.10. The van der Waals surface area contributed by atoms with E-state index in [1.54, 1.807) is 60.7 Å². The molecule has 0 radical (unpaired) electrons. The van der Waals surface area contributed by atoms with Crippen molar-refractivity contribution in [1.29, 1.82) is 0 Å². The molecule has 1 heterocycles. The number of benzene rings is 3. The molecule has 4 aromatic rings. The van der Waals surface area contributed by atoms with E-state index in [1.807, 2.05) is 4.98 Å². The molecule has 9 heteroatoms. The second-order valence-corrected chi connectivity index (χ2v) is 6.50. The molecule has 3 aromatic carbocycles. The van der Waals surface area contributed by atoms with Crippen LogP contribution in [0.1, 0.15) is 15.9 Å². The van der Waals surface area contributed by atoms with E-state index in [2.05, 4.69) is 0 Å². The monoisotopic (exact) mass is 420 g/mol. The fourth-order valence-electron chi connectivity index (χ4n) is 2.79. The van der Waals surface area contributed by atoms with Gasteiger partial charge in [-0.2, -0.15) is 0 Å². The highest BCUT2D eigenvalue weighted by molar-refractivity contribution is 5.87. The fourth-order valence-corrected chi connectivity index (χ4v) is 2.79. The molecule has 4 rings (SSSR count). The third-order valence-corrected chi connectivity index (χ3v) is 4.26. The normalized spacial score (nSPS) is 10.6. The molecule has 0 spiro atoms. The number of aromatic amines is 1. The van der Waals surface area contributed by atoms with Crippen molar-refractivity contribution in [1.82, 2.24) is 9.72 Å². The third-order valence-electron chi connectivity index (χ3n) is 4.26. The number of nitrogens with zero attached hydrogens (tertiary/aromatic N) is 1. The predicted octanol–water partition coefficient (Wildman–Crippen LogP) is 3.46. The smallest absolute Gasteiger partial charge is 0.440 e. The van der Waals surface area contributed by atoms with Gasteiger partial charge in [-0.25, -0.2) is 19.4 Å². The van der Waals surface area contributed by atoms with E-state index in [9.17, 15) is 14.4 Å². The van der Waals surface area contributed by atoms with Crippen LogP contribution in [-0.2, 0) is 6.54 Å². The summed E-state index contributed by atoms with van der Waals surface area (Å²) in [6, 6.07) is 20.0. The van der Waals surface area contributed by atoms with Gasteiger partial charge in [-0.1, -0.05) is 18.2 Å². The highest BCUT2D eigenvalue weighted by Gasteiger charge is 2.06. The van der Waals surface area contributed by atoms with Crippen LogP contribution in [0.2, 0.25) is 0 Å². The van der Waals surface area contributed by atoms with Crippen molar-refractivity contribution in [2.24, 2.45) is 0 Å². The number of nitrogens with one attached hydrogen (secondary N) is 1. The Hall–Kier alpha value is -4.53. The summed E-state index contributed by atoms with van der Waals surface area (Å²) in [4.78, 5) is 35.5. The zero-order valence-corrected chi connectivity index (χ0v) is 16.0. The maximum Gasteiger partial charge on any atom is 0.440 e. The molecule has 0 saturated heterocycles. The minimum absolute atomic E-state index is 0.113. The molecule has 0 aliphatic carbocycles. The number of carboxylic acid groups (broad SMARTS) is 1. The fraction of sp³-hybridized carbons (Fsp3) is 0.0455. The minimum atomic E-state index is -1.00. The van der Waals surface area contributed by atoms with E-state index >= 15 is 0 Å². The molecule has 2 N–H and O–H groups in total. The van der Waals surface area contributed by atoms with Crippen molar-refractivity contribution in [3.63, 3.8) is 0 Å². The van der Waals surface area contributed by atoms with Gasteiger partial charge in [-0.05, 0) is 54.1 Å². The third kappa shape index (κ3) is 4.91. The first kappa shape index (κ1) is 19.8. The van der Waals surface area contributed by atoms with Crippen LogP contribution in [0.3, 0.4) is 0 Å². The van der Waals surface area contributed by atoms with Gasteiger partial charge in [0.2, 0.25) is 0 Å². The van der Waals surface area contributed by atoms with Gasteiger partial charge in [0.25, 0.3) is 0 Å². The molecule has 0 unspecified atom stereocenters. The first-order valence-electron chi connectivity index (χ1n) is 9.15. The number of carboxylic acids is 1. The van der Waals surface area contributed by atoms with E-state index in [1.165, 1.54) is 12.1 Å². The lowest BCUT2D eigenvalue weighted by Crippen LogP contribution is -2.17. The van der Waals surface area contributed by atoms with E-state index < -0.39 is 17.4 Å². The Morgan fingerprint density at radius 3 is 1.97 bits per heavy atom. The van der Waals surface area contributed by atoms with Crippen molar-refractivity contribution in [2.75, 3.05) is 0 Å². The summed E-state index contributed by atoms with van der Waals surface area (Å²) in [7, 11) is 0. The van der Waals surface area contributed by atoms with Crippen LogP contribution >= 0.6 is 0 Å². The highest BCUT2D eigenvalue weighted by atomic mass is 16.5. The van der Waals surface area contributed by atoms with Crippen molar-refractivity contribution in [2.45, 2.75) is 6.54 Å². The topological polar surface area (TPSA) is 124 Å². The molecule has 0 amide bonds. The Labute approximate surface area is 174 Å². The Bertz CT molecular complexity index is 1320. The first-order chi connectivity index (χ1) is 15.0. The minimum Gasteiger partial charge on any atom is -0.478 e. The number of H-pyrrole nitrogens is 1. The Morgan fingerprint density at radius 2 is 1.45 bits per heavy atom. The summed E-state index contributed by atoms with van der Waals surface area (Å²) in [6.45, 7) is 0.113. The Balaban J connectivity index is 1.42. The standard InChI is InChI=1S/C22H16N2O7/c25-20(26)15-6-10-17(11-7-15)30-19-3-1-2-18(12-19)29-16-8-4-14(5-9-16)13-24-21(27)23-22(28)31-24/h1-12H,13H2,(H,25,26)(H,23,27,28). The number of hydrogen-bond donors (Lipinski definition) is 2. The SMILES string of the molecule is O=C(O)c1ccc(Oc2cccc(Oc3ccc(Cn4oc(=O)[nH]c4=O)cc3)c2)cc1. The zero-order valence-electron chi connectivity index (χ0n) is 16.0. The van der Waals surface area contributed by atoms with Crippen LogP contribution in [0, 0.1) is 0 Å². The van der Waals surface area contributed by atoms with E-state index in [4.69, 9.17) is 19.1 Å². The molecule has 0 aliphatic rings. The summed E-state index contributed by atoms with van der Waals surface area (Å²) in [5.41, 5.74) is 0.315. The van der Waals surface area contributed by atoms with Gasteiger partial charge in [0.1, 0.15) is 23.0 Å². The van der Waals surface area contributed by atoms with Crippen LogP contribution in [0.5, 0.6) is 23.0 Å². The molecular formula is C22H16N2O7. The molecule has 0 saturated carbocycles. The molecular weight excluding hydrogens is 404 g/mol. The van der Waals surface area contributed by atoms with Crippen molar-refractivity contribution < 1.29 is 23.9 Å². The lowest BCUT2D eigenvalue weighted by atomic mass is 10.2. The van der Waals surface area contributed by atoms with E-state index in [-0.39, 0.29) is 12.1 Å². The molecule has 156 valence electrons. The first-order valence-corrected chi connectivity index (χ1v) is 9.15. The highest BCUT2D eigenvalue weighted by Crippen LogP contribution is 2.28. The van der Waals surface area contributed by atoms with Crippen molar-refractivity contribution >= 4 is 5.97 Å². The van der Waals surface area contributed by atoms with Gasteiger partial charge >= 0.3 is 17.4 Å².